The lowest BCUT2D eigenvalue weighted by Crippen LogP contribution is -2.60. The lowest BCUT2D eigenvalue weighted by atomic mass is 9.68. The molecule has 4 heterocycles. The second-order valence-corrected chi connectivity index (χ2v) is 9.71. The number of amides is 1. The van der Waals surface area contributed by atoms with Crippen LogP contribution >= 0.6 is 0 Å². The second kappa shape index (κ2) is 6.73. The van der Waals surface area contributed by atoms with Crippen LogP contribution in [-0.2, 0) is 7.05 Å². The predicted octanol–water partition coefficient (Wildman–Crippen LogP) is 4.21. The van der Waals surface area contributed by atoms with Crippen molar-refractivity contribution in [1.29, 1.82) is 0 Å². The van der Waals surface area contributed by atoms with Crippen LogP contribution in [0.3, 0.4) is 0 Å². The van der Waals surface area contributed by atoms with Crippen LogP contribution in [0.4, 0.5) is 0 Å². The maximum absolute atomic E-state index is 13.7. The van der Waals surface area contributed by atoms with E-state index in [1.54, 1.807) is 5.57 Å². The fourth-order valence-corrected chi connectivity index (χ4v) is 6.76. The SMILES string of the molecule is Cn1ccc2ccc(C(=O)N3CCCC4=C[C@@H]5C[C@@H](CN6CCCC[C@H]56)[C@@H]43)cc21. The number of hydrogen-bond acceptors (Lipinski definition) is 2. The maximum atomic E-state index is 13.7. The van der Waals surface area contributed by atoms with Crippen molar-refractivity contribution in [3.63, 3.8) is 0 Å². The molecule has 1 amide bonds. The zero-order chi connectivity index (χ0) is 19.5. The molecule has 3 fully saturated rings. The molecule has 0 saturated carbocycles. The Labute approximate surface area is 173 Å². The van der Waals surface area contributed by atoms with Crippen LogP contribution in [-0.4, -0.2) is 52.0 Å². The van der Waals surface area contributed by atoms with Gasteiger partial charge in [0, 0.05) is 43.5 Å². The fourth-order valence-electron chi connectivity index (χ4n) is 6.76. The molecule has 0 spiro atoms. The molecule has 2 bridgehead atoms. The number of hydrogen-bond donors (Lipinski definition) is 0. The Morgan fingerprint density at radius 1 is 1.10 bits per heavy atom. The molecule has 3 aliphatic heterocycles. The highest BCUT2D eigenvalue weighted by atomic mass is 16.2. The number of nitrogens with zero attached hydrogens (tertiary/aromatic N) is 3. The van der Waals surface area contributed by atoms with Crippen molar-refractivity contribution in [2.75, 3.05) is 19.6 Å². The van der Waals surface area contributed by atoms with Gasteiger partial charge in [-0.3, -0.25) is 9.69 Å². The maximum Gasteiger partial charge on any atom is 0.254 e. The summed E-state index contributed by atoms with van der Waals surface area (Å²) >= 11 is 0. The summed E-state index contributed by atoms with van der Waals surface area (Å²) in [5.41, 5.74) is 3.55. The second-order valence-electron chi connectivity index (χ2n) is 9.71. The van der Waals surface area contributed by atoms with Crippen molar-refractivity contribution >= 4 is 16.8 Å². The lowest BCUT2D eigenvalue weighted by Gasteiger charge is -2.54. The number of fused-ring (bicyclic) bond motifs is 7. The van der Waals surface area contributed by atoms with Gasteiger partial charge in [-0.05, 0) is 74.1 Å². The number of piperidine rings is 3. The number of carbonyl (C=O) groups excluding carboxylic acids is 1. The molecule has 0 unspecified atom stereocenters. The Morgan fingerprint density at radius 3 is 2.97 bits per heavy atom. The van der Waals surface area contributed by atoms with Crippen molar-refractivity contribution in [2.24, 2.45) is 18.9 Å². The van der Waals surface area contributed by atoms with Gasteiger partial charge in [0.25, 0.3) is 5.91 Å². The standard InChI is InChI=1S/C25H31N3O/c1-26-12-9-17-7-8-19(15-23(17)26)25(29)28-11-4-5-18-13-20-14-21(24(18)28)16-27-10-3-2-6-22(20)27/h7-9,12-13,15,20-22,24H,2-6,10-11,14,16H2,1H3/t20-,21+,22-,24-/m1/s1. The third kappa shape index (κ3) is 2.79. The fraction of sp³-hybridized carbons (Fsp3) is 0.560. The van der Waals surface area contributed by atoms with Crippen molar-refractivity contribution in [3.8, 4) is 0 Å². The summed E-state index contributed by atoms with van der Waals surface area (Å²) in [6.07, 6.45) is 12.3. The topological polar surface area (TPSA) is 28.5 Å². The van der Waals surface area contributed by atoms with E-state index in [-0.39, 0.29) is 5.91 Å². The molecule has 1 aromatic heterocycles. The number of aryl methyl sites for hydroxylation is 1. The smallest absolute Gasteiger partial charge is 0.254 e. The average Bonchev–Trinajstić information content (AvgIpc) is 3.13. The molecule has 1 aromatic carbocycles. The van der Waals surface area contributed by atoms with Crippen LogP contribution in [0.15, 0.2) is 42.1 Å². The first-order chi connectivity index (χ1) is 14.2. The number of likely N-dealkylation sites (tertiary alicyclic amines) is 1. The van der Waals surface area contributed by atoms with Crippen LogP contribution in [0.5, 0.6) is 0 Å². The van der Waals surface area contributed by atoms with Gasteiger partial charge in [-0.25, -0.2) is 0 Å². The molecule has 6 rings (SSSR count). The molecule has 152 valence electrons. The minimum atomic E-state index is 0.225. The van der Waals surface area contributed by atoms with Crippen molar-refractivity contribution < 1.29 is 4.79 Å². The number of aromatic nitrogens is 1. The predicted molar refractivity (Wildman–Crippen MR) is 116 cm³/mol. The Kier molecular flexibility index (Phi) is 4.12. The van der Waals surface area contributed by atoms with Crippen LogP contribution in [0.2, 0.25) is 0 Å². The molecular formula is C25H31N3O. The highest BCUT2D eigenvalue weighted by Gasteiger charge is 2.46. The molecule has 1 aliphatic carbocycles. The first kappa shape index (κ1) is 17.8. The molecular weight excluding hydrogens is 358 g/mol. The molecule has 4 aliphatic rings. The first-order valence-electron chi connectivity index (χ1n) is 11.5. The Bertz CT molecular complexity index is 989. The average molecular weight is 390 g/mol. The number of benzene rings is 1. The summed E-state index contributed by atoms with van der Waals surface area (Å²) in [7, 11) is 2.05. The van der Waals surface area contributed by atoms with E-state index in [9.17, 15) is 4.79 Å². The normalized spacial score (nSPS) is 31.9. The molecule has 4 nitrogen and oxygen atoms in total. The number of rotatable bonds is 1. The highest BCUT2D eigenvalue weighted by Crippen LogP contribution is 2.45. The Morgan fingerprint density at radius 2 is 2.03 bits per heavy atom. The van der Waals surface area contributed by atoms with Crippen molar-refractivity contribution in [3.05, 3.63) is 47.7 Å². The third-order valence-corrected chi connectivity index (χ3v) is 8.05. The third-order valence-electron chi connectivity index (χ3n) is 8.05. The molecule has 4 atom stereocenters. The summed E-state index contributed by atoms with van der Waals surface area (Å²) in [5, 5.41) is 1.20. The van der Waals surface area contributed by atoms with Gasteiger partial charge in [-0.15, -0.1) is 0 Å². The molecule has 0 radical (unpaired) electrons. The molecule has 29 heavy (non-hydrogen) atoms. The summed E-state index contributed by atoms with van der Waals surface area (Å²) < 4.78 is 2.11. The summed E-state index contributed by atoms with van der Waals surface area (Å²) in [4.78, 5) is 18.6. The van der Waals surface area contributed by atoms with E-state index in [4.69, 9.17) is 0 Å². The van der Waals surface area contributed by atoms with E-state index in [0.29, 0.717) is 12.0 Å². The minimum Gasteiger partial charge on any atom is -0.351 e. The van der Waals surface area contributed by atoms with Gasteiger partial charge >= 0.3 is 0 Å². The van der Waals surface area contributed by atoms with Gasteiger partial charge in [0.1, 0.15) is 0 Å². The van der Waals surface area contributed by atoms with Crippen LogP contribution in [0.25, 0.3) is 10.9 Å². The Balaban J connectivity index is 1.34. The van der Waals surface area contributed by atoms with Crippen LogP contribution < -0.4 is 0 Å². The van der Waals surface area contributed by atoms with Gasteiger partial charge in [0.15, 0.2) is 0 Å². The van der Waals surface area contributed by atoms with Gasteiger partial charge in [-0.1, -0.05) is 24.1 Å². The summed E-state index contributed by atoms with van der Waals surface area (Å²) in [6, 6.07) is 9.40. The molecule has 3 saturated heterocycles. The highest BCUT2D eigenvalue weighted by molar-refractivity contribution is 5.98. The van der Waals surface area contributed by atoms with Gasteiger partial charge in [0.2, 0.25) is 0 Å². The van der Waals surface area contributed by atoms with E-state index in [0.717, 1.165) is 36.0 Å². The van der Waals surface area contributed by atoms with E-state index in [2.05, 4.69) is 51.9 Å². The summed E-state index contributed by atoms with van der Waals surface area (Å²) in [5.74, 6) is 1.55. The zero-order valence-electron chi connectivity index (χ0n) is 17.4. The quantitative estimate of drug-likeness (QED) is 0.684. The van der Waals surface area contributed by atoms with E-state index < -0.39 is 0 Å². The molecule has 2 aromatic rings. The van der Waals surface area contributed by atoms with Crippen molar-refractivity contribution in [1.82, 2.24) is 14.4 Å². The van der Waals surface area contributed by atoms with Gasteiger partial charge < -0.3 is 9.47 Å². The van der Waals surface area contributed by atoms with E-state index >= 15 is 0 Å². The largest absolute Gasteiger partial charge is 0.351 e. The molecule has 0 N–H and O–H groups in total. The monoisotopic (exact) mass is 389 g/mol. The van der Waals surface area contributed by atoms with Crippen LogP contribution in [0, 0.1) is 11.8 Å². The van der Waals surface area contributed by atoms with E-state index in [1.165, 1.54) is 50.6 Å². The van der Waals surface area contributed by atoms with Crippen LogP contribution in [0.1, 0.15) is 48.9 Å². The van der Waals surface area contributed by atoms with Gasteiger partial charge in [0.05, 0.1) is 6.04 Å². The Hall–Kier alpha value is -2.07. The van der Waals surface area contributed by atoms with Gasteiger partial charge in [-0.2, -0.15) is 0 Å². The minimum absolute atomic E-state index is 0.225. The summed E-state index contributed by atoms with van der Waals surface area (Å²) in [6.45, 7) is 3.34. The number of carbonyl (C=O) groups is 1. The lowest BCUT2D eigenvalue weighted by molar-refractivity contribution is 0.00148. The van der Waals surface area contributed by atoms with Crippen molar-refractivity contribution in [2.45, 2.75) is 50.6 Å². The first-order valence-corrected chi connectivity index (χ1v) is 11.5. The zero-order valence-corrected chi connectivity index (χ0v) is 17.4. The van der Waals surface area contributed by atoms with E-state index in [1.807, 2.05) is 6.07 Å². The molecule has 4 heteroatoms.